The molecule has 1 fully saturated rings. The first-order chi connectivity index (χ1) is 11.4. The number of carboxylic acids is 1. The Kier molecular flexibility index (Phi) is 4.21. The third kappa shape index (κ3) is 3.08. The van der Waals surface area contributed by atoms with Gasteiger partial charge in [-0.1, -0.05) is 17.3 Å². The topological polar surface area (TPSA) is 66.6 Å². The van der Waals surface area contributed by atoms with Crippen molar-refractivity contribution in [1.29, 1.82) is 0 Å². The van der Waals surface area contributed by atoms with E-state index in [9.17, 15) is 23.1 Å². The normalized spacial score (nSPS) is 15.5. The van der Waals surface area contributed by atoms with E-state index in [4.69, 9.17) is 4.52 Å². The Morgan fingerprint density at radius 1 is 1.12 bits per heavy atom. The molecule has 1 aliphatic rings. The highest BCUT2D eigenvalue weighted by Crippen LogP contribution is 2.35. The zero-order valence-corrected chi connectivity index (χ0v) is 12.6. The highest BCUT2D eigenvalue weighted by molar-refractivity contribution is 5.99. The summed E-state index contributed by atoms with van der Waals surface area (Å²) < 4.78 is 43.1. The lowest BCUT2D eigenvalue weighted by atomic mass is 10.0. The van der Waals surface area contributed by atoms with Gasteiger partial charge in [0.05, 0.1) is 5.56 Å². The number of anilines is 1. The average Bonchev–Trinajstić information content (AvgIpc) is 3.00. The van der Waals surface area contributed by atoms with Gasteiger partial charge in [-0.2, -0.15) is 13.2 Å². The standard InChI is InChI=1S/C16H15F3N2O3/c17-16(18,19)11-6-4-10(5-7-11)13-12(15(22)23)14(24-20-13)21-8-2-1-3-9-21/h4-7H,1-3,8-9H2,(H,22,23). The Balaban J connectivity index is 1.99. The minimum Gasteiger partial charge on any atom is -0.477 e. The van der Waals surface area contributed by atoms with Crippen molar-refractivity contribution in [3.8, 4) is 11.3 Å². The molecular formula is C16H15F3N2O3. The maximum absolute atomic E-state index is 12.6. The van der Waals surface area contributed by atoms with Gasteiger partial charge in [0.1, 0.15) is 5.69 Å². The fourth-order valence-corrected chi connectivity index (χ4v) is 2.80. The number of piperidine rings is 1. The Morgan fingerprint density at radius 2 is 1.75 bits per heavy atom. The largest absolute Gasteiger partial charge is 0.477 e. The maximum atomic E-state index is 12.6. The summed E-state index contributed by atoms with van der Waals surface area (Å²) >= 11 is 0. The molecule has 0 saturated carbocycles. The third-order valence-electron chi connectivity index (χ3n) is 4.02. The van der Waals surface area contributed by atoms with Crippen molar-refractivity contribution in [3.63, 3.8) is 0 Å². The van der Waals surface area contributed by atoms with E-state index >= 15 is 0 Å². The molecule has 0 unspecified atom stereocenters. The summed E-state index contributed by atoms with van der Waals surface area (Å²) in [5.41, 5.74) is -0.608. The quantitative estimate of drug-likeness (QED) is 0.913. The van der Waals surface area contributed by atoms with Crippen molar-refractivity contribution in [2.75, 3.05) is 18.0 Å². The molecular weight excluding hydrogens is 325 g/mol. The van der Waals surface area contributed by atoms with Crippen LogP contribution in [-0.4, -0.2) is 29.3 Å². The molecule has 128 valence electrons. The summed E-state index contributed by atoms with van der Waals surface area (Å²) in [6, 6.07) is 4.20. The van der Waals surface area contributed by atoms with Crippen molar-refractivity contribution >= 4 is 11.9 Å². The first-order valence-electron chi connectivity index (χ1n) is 7.53. The van der Waals surface area contributed by atoms with Crippen LogP contribution in [0.4, 0.5) is 19.1 Å². The Morgan fingerprint density at radius 3 is 2.29 bits per heavy atom. The predicted octanol–water partition coefficient (Wildman–Crippen LogP) is 4.05. The van der Waals surface area contributed by atoms with E-state index in [1.54, 1.807) is 0 Å². The lowest BCUT2D eigenvalue weighted by Gasteiger charge is -2.25. The number of alkyl halides is 3. The molecule has 0 radical (unpaired) electrons. The number of hydrogen-bond donors (Lipinski definition) is 1. The van der Waals surface area contributed by atoms with Gasteiger partial charge in [-0.15, -0.1) is 0 Å². The maximum Gasteiger partial charge on any atom is 0.416 e. The zero-order valence-electron chi connectivity index (χ0n) is 12.6. The van der Waals surface area contributed by atoms with Gasteiger partial charge in [-0.05, 0) is 31.4 Å². The molecule has 1 aliphatic heterocycles. The third-order valence-corrected chi connectivity index (χ3v) is 4.02. The number of carboxylic acid groups (broad SMARTS) is 1. The number of benzene rings is 1. The van der Waals surface area contributed by atoms with Crippen LogP contribution in [0.25, 0.3) is 11.3 Å². The fourth-order valence-electron chi connectivity index (χ4n) is 2.80. The number of rotatable bonds is 3. The van der Waals surface area contributed by atoms with Crippen LogP contribution in [0.15, 0.2) is 28.8 Å². The van der Waals surface area contributed by atoms with E-state index in [0.717, 1.165) is 31.4 Å². The second-order valence-corrected chi connectivity index (χ2v) is 5.64. The van der Waals surface area contributed by atoms with E-state index in [-0.39, 0.29) is 22.7 Å². The zero-order chi connectivity index (χ0) is 17.3. The molecule has 1 N–H and O–H groups in total. The monoisotopic (exact) mass is 340 g/mol. The molecule has 2 heterocycles. The molecule has 3 rings (SSSR count). The number of aromatic nitrogens is 1. The van der Waals surface area contributed by atoms with Crippen molar-refractivity contribution in [1.82, 2.24) is 5.16 Å². The molecule has 0 aliphatic carbocycles. The first-order valence-corrected chi connectivity index (χ1v) is 7.53. The Hall–Kier alpha value is -2.51. The number of halogens is 3. The van der Waals surface area contributed by atoms with Crippen molar-refractivity contribution in [3.05, 3.63) is 35.4 Å². The minimum absolute atomic E-state index is 0.0387. The van der Waals surface area contributed by atoms with E-state index in [1.807, 2.05) is 4.90 Å². The summed E-state index contributed by atoms with van der Waals surface area (Å²) in [6.45, 7) is 1.34. The molecule has 24 heavy (non-hydrogen) atoms. The fraction of sp³-hybridized carbons (Fsp3) is 0.375. The summed E-state index contributed by atoms with van der Waals surface area (Å²) in [5, 5.41) is 13.3. The highest BCUT2D eigenvalue weighted by atomic mass is 19.4. The Bertz CT molecular complexity index is 732. The van der Waals surface area contributed by atoms with Crippen LogP contribution in [0.3, 0.4) is 0 Å². The van der Waals surface area contributed by atoms with E-state index < -0.39 is 17.7 Å². The van der Waals surface area contributed by atoms with Crippen LogP contribution < -0.4 is 4.90 Å². The van der Waals surface area contributed by atoms with Gasteiger partial charge in [0.25, 0.3) is 0 Å². The lowest BCUT2D eigenvalue weighted by molar-refractivity contribution is -0.137. The summed E-state index contributed by atoms with van der Waals surface area (Å²) in [7, 11) is 0. The summed E-state index contributed by atoms with van der Waals surface area (Å²) in [4.78, 5) is 13.5. The molecule has 0 bridgehead atoms. The molecule has 0 atom stereocenters. The van der Waals surface area contributed by atoms with Crippen molar-refractivity contribution in [2.24, 2.45) is 0 Å². The highest BCUT2D eigenvalue weighted by Gasteiger charge is 2.31. The molecule has 0 spiro atoms. The van der Waals surface area contributed by atoms with Gasteiger partial charge in [0.15, 0.2) is 5.56 Å². The van der Waals surface area contributed by atoms with Crippen LogP contribution in [0.1, 0.15) is 35.2 Å². The van der Waals surface area contributed by atoms with E-state index in [2.05, 4.69) is 5.16 Å². The van der Waals surface area contributed by atoms with Crippen LogP contribution in [0.2, 0.25) is 0 Å². The summed E-state index contributed by atoms with van der Waals surface area (Å²) in [5.74, 6) is -1.05. The predicted molar refractivity (Wildman–Crippen MR) is 80.0 cm³/mol. The molecule has 1 saturated heterocycles. The molecule has 1 aromatic heterocycles. The summed E-state index contributed by atoms with van der Waals surface area (Å²) in [6.07, 6.45) is -1.53. The van der Waals surface area contributed by atoms with Crippen LogP contribution in [0, 0.1) is 0 Å². The second-order valence-electron chi connectivity index (χ2n) is 5.64. The van der Waals surface area contributed by atoms with Crippen LogP contribution in [-0.2, 0) is 6.18 Å². The van der Waals surface area contributed by atoms with Gasteiger partial charge in [0, 0.05) is 18.7 Å². The molecule has 1 aromatic carbocycles. The molecule has 5 nitrogen and oxygen atoms in total. The molecule has 2 aromatic rings. The number of carbonyl (C=O) groups is 1. The first kappa shape index (κ1) is 16.4. The van der Waals surface area contributed by atoms with Crippen molar-refractivity contribution in [2.45, 2.75) is 25.4 Å². The average molecular weight is 340 g/mol. The van der Waals surface area contributed by atoms with E-state index in [1.165, 1.54) is 12.1 Å². The molecule has 0 amide bonds. The minimum atomic E-state index is -4.45. The van der Waals surface area contributed by atoms with Gasteiger partial charge in [0.2, 0.25) is 5.88 Å². The Labute approximate surface area is 135 Å². The van der Waals surface area contributed by atoms with Gasteiger partial charge in [-0.3, -0.25) is 0 Å². The lowest BCUT2D eigenvalue weighted by Crippen LogP contribution is -2.30. The smallest absolute Gasteiger partial charge is 0.416 e. The van der Waals surface area contributed by atoms with Crippen LogP contribution >= 0.6 is 0 Å². The van der Waals surface area contributed by atoms with E-state index in [0.29, 0.717) is 13.1 Å². The second kappa shape index (κ2) is 6.18. The van der Waals surface area contributed by atoms with Gasteiger partial charge >= 0.3 is 12.1 Å². The van der Waals surface area contributed by atoms with Crippen molar-refractivity contribution < 1.29 is 27.6 Å². The number of nitrogens with zero attached hydrogens (tertiary/aromatic N) is 2. The van der Waals surface area contributed by atoms with Gasteiger partial charge in [-0.25, -0.2) is 4.79 Å². The number of aromatic carboxylic acids is 1. The van der Waals surface area contributed by atoms with Gasteiger partial charge < -0.3 is 14.5 Å². The SMILES string of the molecule is O=C(O)c1c(-c2ccc(C(F)(F)F)cc2)noc1N1CCCCC1. The number of hydrogen-bond acceptors (Lipinski definition) is 4. The molecule has 8 heteroatoms. The van der Waals surface area contributed by atoms with Crippen LogP contribution in [0.5, 0.6) is 0 Å².